The first-order chi connectivity index (χ1) is 10.1. The van der Waals surface area contributed by atoms with Crippen LogP contribution in [0.25, 0.3) is 16.4 Å². The van der Waals surface area contributed by atoms with E-state index in [-0.39, 0.29) is 0 Å². The van der Waals surface area contributed by atoms with E-state index in [1.165, 1.54) is 8.97 Å². The van der Waals surface area contributed by atoms with Gasteiger partial charge in [0.2, 0.25) is 5.69 Å². The van der Waals surface area contributed by atoms with E-state index < -0.39 is 17.6 Å². The summed E-state index contributed by atoms with van der Waals surface area (Å²) in [6.07, 6.45) is 3.28. The summed E-state index contributed by atoms with van der Waals surface area (Å²) in [5.74, 6) is -0.563. The summed E-state index contributed by atoms with van der Waals surface area (Å²) in [5.41, 5.74) is 0.152. The average molecular weight is 286 g/mol. The van der Waals surface area contributed by atoms with E-state index in [2.05, 4.69) is 0 Å². The van der Waals surface area contributed by atoms with Crippen molar-refractivity contribution >= 4 is 22.5 Å². The maximum Gasteiger partial charge on any atom is 0.374 e. The molecule has 21 heavy (non-hydrogen) atoms. The molecule has 0 radical (unpaired) electrons. The zero-order valence-corrected chi connectivity index (χ0v) is 11.7. The minimum atomic E-state index is -1.69. The summed E-state index contributed by atoms with van der Waals surface area (Å²) in [6.45, 7) is 2.49. The third-order valence-electron chi connectivity index (χ3n) is 3.70. The van der Waals surface area contributed by atoms with Crippen molar-refractivity contribution < 1.29 is 18.9 Å². The lowest BCUT2D eigenvalue weighted by Gasteiger charge is -2.05. The Balaban J connectivity index is 2.43. The fourth-order valence-corrected chi connectivity index (χ4v) is 2.69. The number of halogens is 1. The molecular weight excluding hydrogens is 271 g/mol. The van der Waals surface area contributed by atoms with Crippen LogP contribution >= 0.6 is 0 Å². The number of benzene rings is 1. The van der Waals surface area contributed by atoms with Crippen molar-refractivity contribution in [2.45, 2.75) is 26.3 Å². The Morgan fingerprint density at radius 2 is 2.10 bits per heavy atom. The highest BCUT2D eigenvalue weighted by molar-refractivity contribution is 5.96. The summed E-state index contributed by atoms with van der Waals surface area (Å²) in [4.78, 5) is 11.2. The zero-order chi connectivity index (χ0) is 15.0. The molecule has 0 atom stereocenters. The molecule has 0 amide bonds. The second-order valence-electron chi connectivity index (χ2n) is 5.03. The van der Waals surface area contributed by atoms with Gasteiger partial charge in [0, 0.05) is 0 Å². The van der Waals surface area contributed by atoms with E-state index in [4.69, 9.17) is 0 Å². The first-order valence-electron chi connectivity index (χ1n) is 6.97. The van der Waals surface area contributed by atoms with E-state index in [9.17, 15) is 14.3 Å². The SMILES string of the molecule is CCCC[n+]1c([O-])c(C(=O)F)n2ccc3ccccc3c21. The van der Waals surface area contributed by atoms with E-state index in [0.29, 0.717) is 12.2 Å². The van der Waals surface area contributed by atoms with Gasteiger partial charge in [-0.1, -0.05) is 31.5 Å². The number of hydrogen-bond donors (Lipinski definition) is 0. The number of rotatable bonds is 4. The van der Waals surface area contributed by atoms with Crippen LogP contribution in [-0.4, -0.2) is 10.4 Å². The van der Waals surface area contributed by atoms with E-state index in [1.807, 2.05) is 31.2 Å². The van der Waals surface area contributed by atoms with Gasteiger partial charge in [0.15, 0.2) is 0 Å². The molecule has 4 nitrogen and oxygen atoms in total. The molecule has 0 unspecified atom stereocenters. The summed E-state index contributed by atoms with van der Waals surface area (Å²) < 4.78 is 16.1. The van der Waals surface area contributed by atoms with Gasteiger partial charge < -0.3 is 5.11 Å². The van der Waals surface area contributed by atoms with Crippen molar-refractivity contribution in [2.24, 2.45) is 0 Å². The van der Waals surface area contributed by atoms with Gasteiger partial charge in [0.1, 0.15) is 5.88 Å². The van der Waals surface area contributed by atoms with Gasteiger partial charge in [-0.15, -0.1) is 0 Å². The van der Waals surface area contributed by atoms with Crippen molar-refractivity contribution in [3.8, 4) is 5.88 Å². The van der Waals surface area contributed by atoms with Crippen molar-refractivity contribution in [2.75, 3.05) is 0 Å². The highest BCUT2D eigenvalue weighted by atomic mass is 19.1. The number of imidazole rings is 1. The molecule has 0 aliphatic rings. The smallest absolute Gasteiger partial charge is 0.374 e. The topological polar surface area (TPSA) is 48.4 Å². The van der Waals surface area contributed by atoms with Crippen LogP contribution in [-0.2, 0) is 6.54 Å². The highest BCUT2D eigenvalue weighted by Crippen LogP contribution is 2.23. The maximum atomic E-state index is 13.3. The lowest BCUT2D eigenvalue weighted by Crippen LogP contribution is -2.36. The first kappa shape index (κ1) is 13.5. The van der Waals surface area contributed by atoms with E-state index >= 15 is 0 Å². The van der Waals surface area contributed by atoms with E-state index in [1.54, 1.807) is 12.3 Å². The summed E-state index contributed by atoms with van der Waals surface area (Å²) in [7, 11) is 0. The van der Waals surface area contributed by atoms with Crippen LogP contribution in [0.3, 0.4) is 0 Å². The Kier molecular flexibility index (Phi) is 3.33. The fourth-order valence-electron chi connectivity index (χ4n) is 2.69. The molecule has 0 saturated heterocycles. The minimum Gasteiger partial charge on any atom is -0.839 e. The predicted molar refractivity (Wildman–Crippen MR) is 74.9 cm³/mol. The van der Waals surface area contributed by atoms with Crippen LogP contribution in [0.1, 0.15) is 30.3 Å². The molecule has 0 aliphatic carbocycles. The molecule has 0 N–H and O–H groups in total. The lowest BCUT2D eigenvalue weighted by atomic mass is 10.2. The summed E-state index contributed by atoms with van der Waals surface area (Å²) in [6, 6.07) is 7.64. The molecule has 1 aromatic carbocycles. The minimum absolute atomic E-state index is 0.424. The molecule has 2 aromatic heterocycles. The fraction of sp³-hybridized carbons (Fsp3) is 0.250. The van der Waals surface area contributed by atoms with Crippen LogP contribution in [0.15, 0.2) is 36.5 Å². The molecule has 3 rings (SSSR count). The number of aromatic nitrogens is 2. The third kappa shape index (κ3) is 2.05. The van der Waals surface area contributed by atoms with Crippen LogP contribution < -0.4 is 9.67 Å². The molecule has 5 heteroatoms. The monoisotopic (exact) mass is 286 g/mol. The first-order valence-corrected chi connectivity index (χ1v) is 6.97. The lowest BCUT2D eigenvalue weighted by molar-refractivity contribution is -0.711. The molecule has 3 aromatic rings. The summed E-state index contributed by atoms with van der Waals surface area (Å²) >= 11 is 0. The van der Waals surface area contributed by atoms with Gasteiger partial charge in [-0.05, 0) is 23.9 Å². The maximum absolute atomic E-state index is 13.3. The van der Waals surface area contributed by atoms with Crippen molar-refractivity contribution in [1.29, 1.82) is 0 Å². The Bertz CT molecular complexity index is 839. The number of fused-ring (bicyclic) bond motifs is 3. The zero-order valence-electron chi connectivity index (χ0n) is 11.7. The van der Waals surface area contributed by atoms with Crippen LogP contribution in [0, 0.1) is 0 Å². The number of unbranched alkanes of at least 4 members (excludes halogenated alkanes) is 1. The second-order valence-corrected chi connectivity index (χ2v) is 5.03. The van der Waals surface area contributed by atoms with Crippen molar-refractivity contribution in [3.63, 3.8) is 0 Å². The largest absolute Gasteiger partial charge is 0.839 e. The molecule has 0 fully saturated rings. The molecule has 0 aliphatic heterocycles. The quantitative estimate of drug-likeness (QED) is 0.546. The predicted octanol–water partition coefficient (Wildman–Crippen LogP) is 2.36. The number of nitrogens with zero attached hydrogens (tertiary/aromatic N) is 2. The molecular formula is C16H15FN2O2. The van der Waals surface area contributed by atoms with Crippen molar-refractivity contribution in [3.05, 3.63) is 42.2 Å². The average Bonchev–Trinajstić information content (AvgIpc) is 2.77. The van der Waals surface area contributed by atoms with Gasteiger partial charge in [-0.3, -0.25) is 4.79 Å². The Hall–Kier alpha value is -2.43. The van der Waals surface area contributed by atoms with Gasteiger partial charge in [0.05, 0.1) is 18.1 Å². The molecule has 2 heterocycles. The highest BCUT2D eigenvalue weighted by Gasteiger charge is 2.26. The second kappa shape index (κ2) is 5.16. The standard InChI is InChI=1S/C16H15FN2O2/c1-2-3-9-19-15-12-7-5-4-6-11(12)8-10-18(15)13(14(17)20)16(19)21/h4-8,10H,2-3,9H2,1H3. The van der Waals surface area contributed by atoms with Gasteiger partial charge >= 0.3 is 6.04 Å². The number of carbonyl (C=O) groups is 1. The van der Waals surface area contributed by atoms with E-state index in [0.717, 1.165) is 23.6 Å². The van der Waals surface area contributed by atoms with Gasteiger partial charge in [0.25, 0.3) is 5.65 Å². The van der Waals surface area contributed by atoms with Crippen LogP contribution in [0.2, 0.25) is 0 Å². The van der Waals surface area contributed by atoms with Crippen molar-refractivity contribution in [1.82, 2.24) is 4.40 Å². The Morgan fingerprint density at radius 1 is 1.33 bits per heavy atom. The normalized spacial score (nSPS) is 11.3. The molecule has 0 bridgehead atoms. The number of aryl methyl sites for hydroxylation is 1. The summed E-state index contributed by atoms with van der Waals surface area (Å²) in [5, 5.41) is 14.1. The number of pyridine rings is 1. The van der Waals surface area contributed by atoms with Crippen LogP contribution in [0.5, 0.6) is 5.88 Å². The van der Waals surface area contributed by atoms with Gasteiger partial charge in [-0.2, -0.15) is 8.79 Å². The number of carbonyl (C=O) groups excluding carboxylic acids is 1. The molecule has 108 valence electrons. The Morgan fingerprint density at radius 3 is 2.81 bits per heavy atom. The number of hydrogen-bond acceptors (Lipinski definition) is 2. The van der Waals surface area contributed by atoms with Crippen LogP contribution in [0.4, 0.5) is 4.39 Å². The third-order valence-corrected chi connectivity index (χ3v) is 3.70. The Labute approximate surface area is 121 Å². The molecule has 0 saturated carbocycles. The molecule has 0 spiro atoms. The van der Waals surface area contributed by atoms with Gasteiger partial charge in [-0.25, -0.2) is 4.57 Å².